The molecule has 2 N–H and O–H groups in total. The summed E-state index contributed by atoms with van der Waals surface area (Å²) in [6.45, 7) is 1.34. The van der Waals surface area contributed by atoms with Crippen LogP contribution in [0.15, 0.2) is 36.5 Å². The van der Waals surface area contributed by atoms with Gasteiger partial charge in [0.25, 0.3) is 0 Å². The van der Waals surface area contributed by atoms with Crippen molar-refractivity contribution in [3.05, 3.63) is 58.9 Å². The number of fused-ring (bicyclic) bond motifs is 1. The lowest BCUT2D eigenvalue weighted by atomic mass is 9.97. The average Bonchev–Trinajstić information content (AvgIpc) is 2.84. The zero-order chi connectivity index (χ0) is 25.4. The van der Waals surface area contributed by atoms with Gasteiger partial charge in [-0.05, 0) is 42.8 Å². The smallest absolute Gasteiger partial charge is 0.376 e. The highest BCUT2D eigenvalue weighted by molar-refractivity contribution is 5.81. The van der Waals surface area contributed by atoms with Gasteiger partial charge in [-0.2, -0.15) is 13.2 Å². The predicted molar refractivity (Wildman–Crippen MR) is 125 cm³/mol. The molecule has 0 unspecified atom stereocenters. The van der Waals surface area contributed by atoms with Crippen LogP contribution < -0.4 is 10.6 Å². The number of rotatable bonds is 10. The van der Waals surface area contributed by atoms with E-state index in [0.717, 1.165) is 22.9 Å². The monoisotopic (exact) mass is 493 g/mol. The summed E-state index contributed by atoms with van der Waals surface area (Å²) < 4.78 is 45.1. The SMILES string of the molecule is CNCCN(Cc1ncccc1C(F)(F)F)C(=O)CNc1cccc2c1CCN(C(=O)COC)C2. The summed E-state index contributed by atoms with van der Waals surface area (Å²) in [6.07, 6.45) is -2.64. The van der Waals surface area contributed by atoms with Crippen molar-refractivity contribution in [3.63, 3.8) is 0 Å². The molecule has 2 amide bonds. The third-order valence-corrected chi connectivity index (χ3v) is 5.84. The fourth-order valence-electron chi connectivity index (χ4n) is 4.03. The number of hydrogen-bond acceptors (Lipinski definition) is 6. The maximum absolute atomic E-state index is 13.4. The zero-order valence-electron chi connectivity index (χ0n) is 19.8. The lowest BCUT2D eigenvalue weighted by molar-refractivity contribution is -0.140. The highest BCUT2D eigenvalue weighted by Gasteiger charge is 2.34. The van der Waals surface area contributed by atoms with E-state index in [0.29, 0.717) is 26.1 Å². The maximum Gasteiger partial charge on any atom is 0.418 e. The third kappa shape index (κ3) is 6.92. The molecular weight excluding hydrogens is 463 g/mol. The highest BCUT2D eigenvalue weighted by atomic mass is 19.4. The Balaban J connectivity index is 1.70. The van der Waals surface area contributed by atoms with E-state index < -0.39 is 11.7 Å². The van der Waals surface area contributed by atoms with Crippen LogP contribution in [0.2, 0.25) is 0 Å². The molecule has 2 aromatic rings. The van der Waals surface area contributed by atoms with E-state index in [1.807, 2.05) is 18.2 Å². The number of ether oxygens (including phenoxy) is 1. The molecular formula is C24H30F3N5O3. The van der Waals surface area contributed by atoms with Gasteiger partial charge in [0.2, 0.25) is 11.8 Å². The van der Waals surface area contributed by atoms with Crippen molar-refractivity contribution in [2.24, 2.45) is 0 Å². The van der Waals surface area contributed by atoms with Crippen LogP contribution in [0.1, 0.15) is 22.4 Å². The average molecular weight is 494 g/mol. The Labute approximate surface area is 202 Å². The molecule has 11 heteroatoms. The summed E-state index contributed by atoms with van der Waals surface area (Å²) in [7, 11) is 3.19. The number of aromatic nitrogens is 1. The number of anilines is 1. The number of amides is 2. The van der Waals surface area contributed by atoms with Gasteiger partial charge in [0.05, 0.1) is 24.3 Å². The molecule has 1 aliphatic heterocycles. The summed E-state index contributed by atoms with van der Waals surface area (Å²) in [5, 5.41) is 6.07. The van der Waals surface area contributed by atoms with Crippen LogP contribution >= 0.6 is 0 Å². The molecule has 35 heavy (non-hydrogen) atoms. The maximum atomic E-state index is 13.4. The lowest BCUT2D eigenvalue weighted by Gasteiger charge is -2.30. The van der Waals surface area contributed by atoms with Crippen molar-refractivity contribution in [1.82, 2.24) is 20.1 Å². The topological polar surface area (TPSA) is 86.8 Å². The number of nitrogens with one attached hydrogen (secondary N) is 2. The Morgan fingerprint density at radius 1 is 1.23 bits per heavy atom. The van der Waals surface area contributed by atoms with E-state index in [2.05, 4.69) is 15.6 Å². The van der Waals surface area contributed by atoms with Crippen LogP contribution in [0.4, 0.5) is 18.9 Å². The number of hydrogen-bond donors (Lipinski definition) is 2. The third-order valence-electron chi connectivity index (χ3n) is 5.84. The first-order valence-corrected chi connectivity index (χ1v) is 11.3. The van der Waals surface area contributed by atoms with Gasteiger partial charge in [0.15, 0.2) is 0 Å². The standard InChI is InChI=1S/C24H30F3N5O3/c1-28-10-12-32(15-21-19(24(25,26)27)6-4-9-29-21)22(33)13-30-20-7-3-5-17-14-31(11-8-18(17)20)23(34)16-35-2/h3-7,9,28,30H,8,10-16H2,1-2H3. The van der Waals surface area contributed by atoms with Crippen molar-refractivity contribution >= 4 is 17.5 Å². The molecule has 0 radical (unpaired) electrons. The minimum absolute atomic E-state index is 0.0244. The van der Waals surface area contributed by atoms with Gasteiger partial charge in [-0.25, -0.2) is 0 Å². The van der Waals surface area contributed by atoms with E-state index in [9.17, 15) is 22.8 Å². The molecule has 0 aliphatic carbocycles. The lowest BCUT2D eigenvalue weighted by Crippen LogP contribution is -2.40. The van der Waals surface area contributed by atoms with Crippen LogP contribution in [0.3, 0.4) is 0 Å². The minimum Gasteiger partial charge on any atom is -0.376 e. The van der Waals surface area contributed by atoms with Crippen molar-refractivity contribution < 1.29 is 27.5 Å². The molecule has 3 rings (SSSR count). The molecule has 0 atom stereocenters. The molecule has 2 heterocycles. The van der Waals surface area contributed by atoms with Crippen LogP contribution in [0, 0.1) is 0 Å². The normalized spacial score (nSPS) is 13.3. The quantitative estimate of drug-likeness (QED) is 0.528. The second kappa shape index (κ2) is 12.0. The van der Waals surface area contributed by atoms with Gasteiger partial charge >= 0.3 is 6.18 Å². The number of benzene rings is 1. The van der Waals surface area contributed by atoms with Crippen molar-refractivity contribution in [3.8, 4) is 0 Å². The van der Waals surface area contributed by atoms with Gasteiger partial charge in [-0.1, -0.05) is 12.1 Å². The first kappa shape index (κ1) is 26.4. The van der Waals surface area contributed by atoms with Crippen LogP contribution in [-0.2, 0) is 40.0 Å². The van der Waals surface area contributed by atoms with Gasteiger partial charge in [0, 0.05) is 45.2 Å². The van der Waals surface area contributed by atoms with E-state index in [4.69, 9.17) is 4.74 Å². The Morgan fingerprint density at radius 2 is 2.03 bits per heavy atom. The molecule has 0 bridgehead atoms. The summed E-state index contributed by atoms with van der Waals surface area (Å²) in [4.78, 5) is 32.2. The molecule has 0 saturated heterocycles. The number of halogens is 3. The number of carbonyl (C=O) groups is 2. The summed E-state index contributed by atoms with van der Waals surface area (Å²) in [6, 6.07) is 7.84. The molecule has 1 aromatic carbocycles. The summed E-state index contributed by atoms with van der Waals surface area (Å²) in [5.74, 6) is -0.427. The summed E-state index contributed by atoms with van der Waals surface area (Å²) >= 11 is 0. The van der Waals surface area contributed by atoms with Crippen LogP contribution in [0.25, 0.3) is 0 Å². The fourth-order valence-corrected chi connectivity index (χ4v) is 4.03. The van der Waals surface area contributed by atoms with Crippen LogP contribution in [-0.4, -0.2) is 73.5 Å². The Morgan fingerprint density at radius 3 is 2.74 bits per heavy atom. The Kier molecular flexibility index (Phi) is 9.05. The number of pyridine rings is 1. The summed E-state index contributed by atoms with van der Waals surface area (Å²) in [5.41, 5.74) is 1.74. The van der Waals surface area contributed by atoms with Gasteiger partial charge < -0.3 is 25.2 Å². The minimum atomic E-state index is -4.55. The first-order valence-electron chi connectivity index (χ1n) is 11.3. The van der Waals surface area contributed by atoms with Crippen molar-refractivity contribution in [1.29, 1.82) is 0 Å². The number of alkyl halides is 3. The molecule has 0 fully saturated rings. The van der Waals surface area contributed by atoms with Crippen molar-refractivity contribution in [2.75, 3.05) is 52.3 Å². The van der Waals surface area contributed by atoms with E-state index in [1.165, 1.54) is 24.3 Å². The largest absolute Gasteiger partial charge is 0.418 e. The number of likely N-dealkylation sites (N-methyl/N-ethyl adjacent to an activating group) is 1. The second-order valence-corrected chi connectivity index (χ2v) is 8.21. The van der Waals surface area contributed by atoms with Crippen molar-refractivity contribution in [2.45, 2.75) is 25.7 Å². The molecule has 1 aliphatic rings. The number of nitrogens with zero attached hydrogens (tertiary/aromatic N) is 3. The van der Waals surface area contributed by atoms with E-state index in [1.54, 1.807) is 11.9 Å². The van der Waals surface area contributed by atoms with Gasteiger partial charge in [-0.15, -0.1) is 0 Å². The number of carbonyl (C=O) groups excluding carboxylic acids is 2. The fraction of sp³-hybridized carbons (Fsp3) is 0.458. The number of methoxy groups -OCH3 is 1. The molecule has 1 aromatic heterocycles. The first-order chi connectivity index (χ1) is 16.7. The molecule has 8 nitrogen and oxygen atoms in total. The highest BCUT2D eigenvalue weighted by Crippen LogP contribution is 2.31. The van der Waals surface area contributed by atoms with Gasteiger partial charge in [0.1, 0.15) is 6.61 Å². The molecule has 0 spiro atoms. The van der Waals surface area contributed by atoms with Crippen LogP contribution in [0.5, 0.6) is 0 Å². The molecule has 0 saturated carbocycles. The second-order valence-electron chi connectivity index (χ2n) is 8.21. The Hall–Kier alpha value is -3.18. The molecule has 190 valence electrons. The Bertz CT molecular complexity index is 1030. The van der Waals surface area contributed by atoms with E-state index in [-0.39, 0.29) is 43.7 Å². The van der Waals surface area contributed by atoms with E-state index >= 15 is 0 Å². The zero-order valence-corrected chi connectivity index (χ0v) is 19.8. The predicted octanol–water partition coefficient (Wildman–Crippen LogP) is 2.29. The van der Waals surface area contributed by atoms with Gasteiger partial charge in [-0.3, -0.25) is 14.6 Å².